The molecule has 1 N–H and O–H groups in total. The molecular weight excluding hydrogens is 320 g/mol. The maximum absolute atomic E-state index is 5.62. The van der Waals surface area contributed by atoms with Gasteiger partial charge in [0.1, 0.15) is 0 Å². The van der Waals surface area contributed by atoms with E-state index in [4.69, 9.17) is 4.74 Å². The van der Waals surface area contributed by atoms with Crippen LogP contribution in [0.3, 0.4) is 0 Å². The summed E-state index contributed by atoms with van der Waals surface area (Å²) in [6, 6.07) is 0.441. The number of aromatic nitrogens is 2. The van der Waals surface area contributed by atoms with E-state index >= 15 is 0 Å². The molecule has 1 aliphatic heterocycles. The zero-order valence-electron chi connectivity index (χ0n) is 12.7. The van der Waals surface area contributed by atoms with Crippen LogP contribution in [0.5, 0.6) is 0 Å². The fourth-order valence-corrected chi connectivity index (χ4v) is 3.02. The van der Waals surface area contributed by atoms with Gasteiger partial charge in [0.15, 0.2) is 0 Å². The quantitative estimate of drug-likeness (QED) is 0.854. The summed E-state index contributed by atoms with van der Waals surface area (Å²) in [7, 11) is 0. The zero-order chi connectivity index (χ0) is 14.5. The molecule has 1 unspecified atom stereocenters. The van der Waals surface area contributed by atoms with Crippen molar-refractivity contribution in [1.82, 2.24) is 20.0 Å². The van der Waals surface area contributed by atoms with Gasteiger partial charge in [-0.1, -0.05) is 6.92 Å². The zero-order valence-corrected chi connectivity index (χ0v) is 14.2. The van der Waals surface area contributed by atoms with Crippen LogP contribution in [0.15, 0.2) is 4.47 Å². The third-order valence-electron chi connectivity index (χ3n) is 3.79. The molecule has 1 saturated heterocycles. The highest BCUT2D eigenvalue weighted by Crippen LogP contribution is 2.23. The van der Waals surface area contributed by atoms with E-state index < -0.39 is 0 Å². The first-order chi connectivity index (χ1) is 9.67. The van der Waals surface area contributed by atoms with Crippen molar-refractivity contribution in [3.05, 3.63) is 15.9 Å². The van der Waals surface area contributed by atoms with Crippen molar-refractivity contribution in [2.24, 2.45) is 0 Å². The molecule has 5 nitrogen and oxygen atoms in total. The second kappa shape index (κ2) is 7.54. The van der Waals surface area contributed by atoms with Gasteiger partial charge in [-0.15, -0.1) is 0 Å². The van der Waals surface area contributed by atoms with Gasteiger partial charge in [0, 0.05) is 32.2 Å². The largest absolute Gasteiger partial charge is 0.378 e. The van der Waals surface area contributed by atoms with Gasteiger partial charge in [-0.3, -0.25) is 9.58 Å². The second-order valence-electron chi connectivity index (χ2n) is 5.17. The van der Waals surface area contributed by atoms with Crippen molar-refractivity contribution in [2.75, 3.05) is 32.8 Å². The lowest BCUT2D eigenvalue weighted by Crippen LogP contribution is -2.50. The Bertz CT molecular complexity index is 435. The monoisotopic (exact) mass is 344 g/mol. The van der Waals surface area contributed by atoms with E-state index in [0.29, 0.717) is 6.04 Å². The van der Waals surface area contributed by atoms with Gasteiger partial charge in [-0.05, 0) is 36.3 Å². The summed E-state index contributed by atoms with van der Waals surface area (Å²) in [6.07, 6.45) is 0. The van der Waals surface area contributed by atoms with Crippen molar-refractivity contribution in [1.29, 1.82) is 0 Å². The molecule has 1 aromatic heterocycles. The van der Waals surface area contributed by atoms with Crippen molar-refractivity contribution in [2.45, 2.75) is 39.9 Å². The number of rotatable bonds is 6. The summed E-state index contributed by atoms with van der Waals surface area (Å²) < 4.78 is 8.87. The molecule has 0 aromatic carbocycles. The van der Waals surface area contributed by atoms with Crippen LogP contribution in [0.4, 0.5) is 0 Å². The van der Waals surface area contributed by atoms with Crippen LogP contribution in [0.2, 0.25) is 0 Å². The van der Waals surface area contributed by atoms with Crippen molar-refractivity contribution >= 4 is 15.9 Å². The van der Waals surface area contributed by atoms with Crippen LogP contribution in [0.25, 0.3) is 0 Å². The molecule has 2 rings (SSSR count). The Kier molecular flexibility index (Phi) is 6.01. The van der Waals surface area contributed by atoms with Crippen LogP contribution < -0.4 is 5.32 Å². The summed E-state index contributed by atoms with van der Waals surface area (Å²) in [5, 5.41) is 8.00. The van der Waals surface area contributed by atoms with Crippen LogP contribution in [-0.4, -0.2) is 53.6 Å². The summed E-state index contributed by atoms with van der Waals surface area (Å²) in [4.78, 5) is 2.50. The number of ether oxygens (including phenoxy) is 1. The van der Waals surface area contributed by atoms with Gasteiger partial charge in [-0.2, -0.15) is 5.10 Å². The minimum atomic E-state index is 0.441. The molecule has 0 radical (unpaired) electrons. The third kappa shape index (κ3) is 3.61. The summed E-state index contributed by atoms with van der Waals surface area (Å²) >= 11 is 3.68. The van der Waals surface area contributed by atoms with Crippen LogP contribution in [-0.2, 0) is 17.8 Å². The molecule has 0 spiro atoms. The number of hydrogen-bond acceptors (Lipinski definition) is 4. The Hall–Kier alpha value is -0.430. The van der Waals surface area contributed by atoms with Gasteiger partial charge in [-0.25, -0.2) is 0 Å². The normalized spacial score (nSPS) is 20.5. The average molecular weight is 345 g/mol. The smallest absolute Gasteiger partial charge is 0.0739 e. The molecule has 1 fully saturated rings. The number of halogens is 1. The number of nitrogens with one attached hydrogen (secondary N) is 1. The lowest BCUT2D eigenvalue weighted by Gasteiger charge is -2.35. The minimum Gasteiger partial charge on any atom is -0.378 e. The van der Waals surface area contributed by atoms with E-state index in [1.165, 1.54) is 5.69 Å². The summed E-state index contributed by atoms with van der Waals surface area (Å²) in [5.41, 5.74) is 2.34. The molecular formula is C14H25BrN4O. The average Bonchev–Trinajstić information content (AvgIpc) is 2.74. The molecule has 0 amide bonds. The highest BCUT2D eigenvalue weighted by molar-refractivity contribution is 9.10. The van der Waals surface area contributed by atoms with E-state index in [2.05, 4.69) is 56.7 Å². The number of aryl methyl sites for hydroxylation is 2. The van der Waals surface area contributed by atoms with E-state index in [1.807, 2.05) is 0 Å². The van der Waals surface area contributed by atoms with Crippen LogP contribution in [0, 0.1) is 6.92 Å². The van der Waals surface area contributed by atoms with Crippen LogP contribution >= 0.6 is 15.9 Å². The van der Waals surface area contributed by atoms with Gasteiger partial charge < -0.3 is 10.1 Å². The molecule has 114 valence electrons. The van der Waals surface area contributed by atoms with Gasteiger partial charge >= 0.3 is 0 Å². The first-order valence-electron chi connectivity index (χ1n) is 7.41. The molecule has 20 heavy (non-hydrogen) atoms. The molecule has 1 aliphatic rings. The van der Waals surface area contributed by atoms with E-state index in [0.717, 1.165) is 56.1 Å². The molecule has 1 aromatic rings. The molecule has 0 saturated carbocycles. The van der Waals surface area contributed by atoms with E-state index in [-0.39, 0.29) is 0 Å². The van der Waals surface area contributed by atoms with Crippen LogP contribution in [0.1, 0.15) is 25.2 Å². The van der Waals surface area contributed by atoms with E-state index in [9.17, 15) is 0 Å². The van der Waals surface area contributed by atoms with Crippen molar-refractivity contribution in [3.63, 3.8) is 0 Å². The maximum atomic E-state index is 5.62. The fraction of sp³-hybridized carbons (Fsp3) is 0.786. The SMILES string of the molecule is CCNCC1COCCN1Cc1c(Br)c(C)nn1CC. The first kappa shape index (κ1) is 15.9. The number of nitrogens with zero attached hydrogens (tertiary/aromatic N) is 3. The Balaban J connectivity index is 2.10. The highest BCUT2D eigenvalue weighted by atomic mass is 79.9. The van der Waals surface area contributed by atoms with Crippen molar-refractivity contribution < 1.29 is 4.74 Å². The maximum Gasteiger partial charge on any atom is 0.0739 e. The third-order valence-corrected chi connectivity index (χ3v) is 4.82. The fourth-order valence-electron chi connectivity index (χ4n) is 2.61. The Morgan fingerprint density at radius 2 is 2.25 bits per heavy atom. The Morgan fingerprint density at radius 3 is 2.95 bits per heavy atom. The standard InChI is InChI=1S/C14H25BrN4O/c1-4-16-8-12-10-20-7-6-18(12)9-13-14(15)11(3)17-19(13)5-2/h12,16H,4-10H2,1-3H3. The topological polar surface area (TPSA) is 42.3 Å². The molecule has 0 aliphatic carbocycles. The van der Waals surface area contributed by atoms with Gasteiger partial charge in [0.05, 0.1) is 29.1 Å². The summed E-state index contributed by atoms with van der Waals surface area (Å²) in [5.74, 6) is 0. The second-order valence-corrected chi connectivity index (χ2v) is 5.96. The predicted molar refractivity (Wildman–Crippen MR) is 83.9 cm³/mol. The number of likely N-dealkylation sites (N-methyl/N-ethyl adjacent to an activating group) is 1. The number of morpholine rings is 1. The molecule has 6 heteroatoms. The van der Waals surface area contributed by atoms with Gasteiger partial charge in [0.2, 0.25) is 0 Å². The highest BCUT2D eigenvalue weighted by Gasteiger charge is 2.25. The Morgan fingerprint density at radius 1 is 1.45 bits per heavy atom. The first-order valence-corrected chi connectivity index (χ1v) is 8.20. The lowest BCUT2D eigenvalue weighted by atomic mass is 10.2. The van der Waals surface area contributed by atoms with E-state index in [1.54, 1.807) is 0 Å². The molecule has 1 atom stereocenters. The van der Waals surface area contributed by atoms with Crippen molar-refractivity contribution in [3.8, 4) is 0 Å². The lowest BCUT2D eigenvalue weighted by molar-refractivity contribution is -0.0119. The minimum absolute atomic E-state index is 0.441. The predicted octanol–water partition coefficient (Wildman–Crippen LogP) is 1.78. The molecule has 2 heterocycles. The Labute approximate surface area is 129 Å². The molecule has 0 bridgehead atoms. The van der Waals surface area contributed by atoms with Gasteiger partial charge in [0.25, 0.3) is 0 Å². The number of hydrogen-bond donors (Lipinski definition) is 1. The summed E-state index contributed by atoms with van der Waals surface area (Å²) in [6.45, 7) is 12.7.